The van der Waals surface area contributed by atoms with E-state index < -0.39 is 0 Å². The second-order valence-corrected chi connectivity index (χ2v) is 7.49. The fourth-order valence-corrected chi connectivity index (χ4v) is 3.51. The number of carbonyl (C=O) groups is 1. The van der Waals surface area contributed by atoms with Crippen LogP contribution >= 0.6 is 0 Å². The van der Waals surface area contributed by atoms with Crippen LogP contribution < -0.4 is 14.9 Å². The molecule has 0 atom stereocenters. The lowest BCUT2D eigenvalue weighted by Gasteiger charge is -2.11. The average Bonchev–Trinajstić information content (AvgIpc) is 2.73. The summed E-state index contributed by atoms with van der Waals surface area (Å²) in [5, 5.41) is 0.465. The second-order valence-electron chi connectivity index (χ2n) is 7.49. The highest BCUT2D eigenvalue weighted by Gasteiger charge is 2.17. The van der Waals surface area contributed by atoms with Crippen LogP contribution in [0.25, 0.3) is 22.1 Å². The summed E-state index contributed by atoms with van der Waals surface area (Å²) in [6, 6.07) is 10.7. The first-order chi connectivity index (χ1) is 14.4. The molecule has 1 heterocycles. The molecule has 0 fully saturated rings. The maximum absolute atomic E-state index is 13.2. The molecule has 2 aromatic carbocycles. The number of hydrogen-bond acceptors (Lipinski definition) is 5. The first-order valence-electron chi connectivity index (χ1n) is 10.4. The van der Waals surface area contributed by atoms with Crippen LogP contribution in [0.1, 0.15) is 50.4 Å². The normalized spacial score (nSPS) is 10.9. The number of rotatable bonds is 8. The molecule has 5 nitrogen and oxygen atoms in total. The molecule has 3 rings (SSSR count). The molecule has 5 heteroatoms. The molecule has 0 aliphatic heterocycles. The number of benzene rings is 2. The fraction of sp³-hybridized carbons (Fsp3) is 0.360. The van der Waals surface area contributed by atoms with Crippen LogP contribution in [0.4, 0.5) is 0 Å². The lowest BCUT2D eigenvalue weighted by Crippen LogP contribution is -2.11. The summed E-state index contributed by atoms with van der Waals surface area (Å²) in [4.78, 5) is 25.4. The van der Waals surface area contributed by atoms with Crippen molar-refractivity contribution in [2.24, 2.45) is 0 Å². The van der Waals surface area contributed by atoms with Gasteiger partial charge in [0.1, 0.15) is 22.8 Å². The molecule has 0 amide bonds. The minimum atomic E-state index is -0.262. The van der Waals surface area contributed by atoms with E-state index in [1.165, 1.54) is 0 Å². The largest absolute Gasteiger partial charge is 0.497 e. The average molecular weight is 408 g/mol. The van der Waals surface area contributed by atoms with E-state index in [0.29, 0.717) is 34.5 Å². The van der Waals surface area contributed by atoms with Gasteiger partial charge in [0.2, 0.25) is 5.43 Å². The van der Waals surface area contributed by atoms with E-state index in [2.05, 4.69) is 6.92 Å². The quantitative estimate of drug-likeness (QED) is 0.261. The molecular formula is C25H28O5. The van der Waals surface area contributed by atoms with Gasteiger partial charge in [-0.05, 0) is 49.6 Å². The van der Waals surface area contributed by atoms with Crippen molar-refractivity contribution in [1.82, 2.24) is 0 Å². The van der Waals surface area contributed by atoms with E-state index in [0.717, 1.165) is 42.6 Å². The highest BCUT2D eigenvalue weighted by atomic mass is 16.5. The number of aryl methyl sites for hydroxylation is 2. The van der Waals surface area contributed by atoms with E-state index in [1.54, 1.807) is 26.2 Å². The van der Waals surface area contributed by atoms with Crippen molar-refractivity contribution in [1.29, 1.82) is 0 Å². The minimum Gasteiger partial charge on any atom is -0.497 e. The van der Waals surface area contributed by atoms with Crippen molar-refractivity contribution in [3.8, 4) is 22.6 Å². The third kappa shape index (κ3) is 4.73. The molecule has 0 saturated heterocycles. The molecule has 30 heavy (non-hydrogen) atoms. The monoisotopic (exact) mass is 408 g/mol. The molecular weight excluding hydrogens is 380 g/mol. The van der Waals surface area contributed by atoms with Crippen molar-refractivity contribution in [2.45, 2.75) is 52.9 Å². The molecule has 0 N–H and O–H groups in total. The maximum atomic E-state index is 13.2. The minimum absolute atomic E-state index is 0.112. The van der Waals surface area contributed by atoms with Gasteiger partial charge in [0.15, 0.2) is 0 Å². The first-order valence-corrected chi connectivity index (χ1v) is 10.4. The summed E-state index contributed by atoms with van der Waals surface area (Å²) in [7, 11) is 1.60. The van der Waals surface area contributed by atoms with Gasteiger partial charge in [-0.3, -0.25) is 9.59 Å². The lowest BCUT2D eigenvalue weighted by atomic mass is 10.0. The van der Waals surface area contributed by atoms with E-state index in [9.17, 15) is 9.59 Å². The van der Waals surface area contributed by atoms with Crippen LogP contribution in [0.2, 0.25) is 0 Å². The van der Waals surface area contributed by atoms with Crippen molar-refractivity contribution in [3.63, 3.8) is 0 Å². The molecule has 0 aliphatic rings. The number of carbonyl (C=O) groups excluding carboxylic acids is 1. The summed E-state index contributed by atoms with van der Waals surface area (Å²) < 4.78 is 16.7. The van der Waals surface area contributed by atoms with Gasteiger partial charge in [0, 0.05) is 12.5 Å². The Hall–Kier alpha value is -3.08. The third-order valence-corrected chi connectivity index (χ3v) is 5.20. The van der Waals surface area contributed by atoms with Gasteiger partial charge < -0.3 is 13.9 Å². The van der Waals surface area contributed by atoms with Gasteiger partial charge in [-0.1, -0.05) is 38.3 Å². The van der Waals surface area contributed by atoms with Crippen LogP contribution in [-0.4, -0.2) is 13.1 Å². The topological polar surface area (TPSA) is 65.7 Å². The third-order valence-electron chi connectivity index (χ3n) is 5.20. The number of esters is 1. The highest BCUT2D eigenvalue weighted by Crippen LogP contribution is 2.29. The summed E-state index contributed by atoms with van der Waals surface area (Å²) in [6.07, 6.45) is 4.46. The second kappa shape index (κ2) is 9.61. The number of methoxy groups -OCH3 is 1. The number of fused-ring (bicyclic) bond motifs is 1. The van der Waals surface area contributed by atoms with E-state index in [1.807, 2.05) is 31.2 Å². The lowest BCUT2D eigenvalue weighted by molar-refractivity contribution is -0.134. The molecule has 1 aromatic heterocycles. The summed E-state index contributed by atoms with van der Waals surface area (Å²) in [5.41, 5.74) is 2.31. The highest BCUT2D eigenvalue weighted by molar-refractivity contribution is 5.85. The zero-order valence-electron chi connectivity index (χ0n) is 18.0. The van der Waals surface area contributed by atoms with E-state index >= 15 is 0 Å². The van der Waals surface area contributed by atoms with Gasteiger partial charge in [-0.15, -0.1) is 0 Å². The molecule has 0 bridgehead atoms. The summed E-state index contributed by atoms with van der Waals surface area (Å²) >= 11 is 0. The molecule has 0 saturated carbocycles. The predicted octanol–water partition coefficient (Wildman–Crippen LogP) is 5.96. The Balaban J connectivity index is 1.92. The Labute approximate surface area is 176 Å². The number of hydrogen-bond donors (Lipinski definition) is 0. The molecule has 3 aromatic rings. The van der Waals surface area contributed by atoms with Crippen molar-refractivity contribution < 1.29 is 18.7 Å². The van der Waals surface area contributed by atoms with E-state index in [4.69, 9.17) is 13.9 Å². The smallest absolute Gasteiger partial charge is 0.311 e. The van der Waals surface area contributed by atoms with Crippen LogP contribution in [0.3, 0.4) is 0 Å². The van der Waals surface area contributed by atoms with Gasteiger partial charge in [0.05, 0.1) is 18.1 Å². The van der Waals surface area contributed by atoms with Crippen LogP contribution in [0.15, 0.2) is 45.6 Å². The summed E-state index contributed by atoms with van der Waals surface area (Å²) in [6.45, 7) is 5.72. The number of ether oxygens (including phenoxy) is 2. The molecule has 0 aliphatic carbocycles. The Kier molecular flexibility index (Phi) is 6.93. The Bertz CT molecular complexity index is 1090. The Morgan fingerprint density at radius 1 is 1.03 bits per heavy atom. The van der Waals surface area contributed by atoms with Gasteiger partial charge >= 0.3 is 5.97 Å². The van der Waals surface area contributed by atoms with Gasteiger partial charge in [0.25, 0.3) is 0 Å². The Morgan fingerprint density at radius 2 is 1.77 bits per heavy atom. The standard InChI is InChI=1S/C25H28O5/c1-5-6-7-8-9-23(26)30-21-15-22-20(14-16(21)2)25(27)24(17(3)29-22)18-10-12-19(28-4)13-11-18/h10-15H,5-9H2,1-4H3. The van der Waals surface area contributed by atoms with Crippen molar-refractivity contribution in [3.05, 3.63) is 57.9 Å². The SMILES string of the molecule is CCCCCCC(=O)Oc1cc2oc(C)c(-c3ccc(OC)cc3)c(=O)c2cc1C. The molecule has 158 valence electrons. The number of unbranched alkanes of at least 4 members (excludes halogenated alkanes) is 3. The van der Waals surface area contributed by atoms with Gasteiger partial charge in [-0.25, -0.2) is 0 Å². The van der Waals surface area contributed by atoms with E-state index in [-0.39, 0.29) is 11.4 Å². The van der Waals surface area contributed by atoms with Crippen LogP contribution in [0, 0.1) is 13.8 Å². The first kappa shape index (κ1) is 21.6. The zero-order valence-corrected chi connectivity index (χ0v) is 18.0. The zero-order chi connectivity index (χ0) is 21.7. The fourth-order valence-electron chi connectivity index (χ4n) is 3.51. The van der Waals surface area contributed by atoms with Crippen LogP contribution in [-0.2, 0) is 4.79 Å². The summed E-state index contributed by atoms with van der Waals surface area (Å²) in [5.74, 6) is 1.40. The van der Waals surface area contributed by atoms with Gasteiger partial charge in [-0.2, -0.15) is 0 Å². The van der Waals surface area contributed by atoms with Crippen molar-refractivity contribution >= 4 is 16.9 Å². The van der Waals surface area contributed by atoms with Crippen molar-refractivity contribution in [2.75, 3.05) is 7.11 Å². The molecule has 0 unspecified atom stereocenters. The maximum Gasteiger partial charge on any atom is 0.311 e. The molecule has 0 radical (unpaired) electrons. The molecule has 0 spiro atoms. The predicted molar refractivity (Wildman–Crippen MR) is 118 cm³/mol. The van der Waals surface area contributed by atoms with Crippen LogP contribution in [0.5, 0.6) is 11.5 Å². The Morgan fingerprint density at radius 3 is 2.43 bits per heavy atom.